The Labute approximate surface area is 180 Å². The molecule has 0 aliphatic carbocycles. The van der Waals surface area contributed by atoms with E-state index in [0.29, 0.717) is 11.5 Å². The maximum absolute atomic E-state index is 12.4. The van der Waals surface area contributed by atoms with Gasteiger partial charge in [-0.3, -0.25) is 4.79 Å². The number of carbonyl (C=O) groups excluding carboxylic acids is 1. The van der Waals surface area contributed by atoms with Gasteiger partial charge in [0.2, 0.25) is 5.91 Å². The predicted molar refractivity (Wildman–Crippen MR) is 118 cm³/mol. The van der Waals surface area contributed by atoms with Crippen molar-refractivity contribution in [3.05, 3.63) is 66.2 Å². The number of nitrogens with one attached hydrogen (secondary N) is 1. The second kappa shape index (κ2) is 10.2. The third-order valence-electron chi connectivity index (χ3n) is 4.36. The predicted octanol–water partition coefficient (Wildman–Crippen LogP) is 4.33. The minimum atomic E-state index is -0.711. The molecule has 0 aromatic heterocycles. The van der Waals surface area contributed by atoms with Crippen LogP contribution < -0.4 is 14.8 Å². The summed E-state index contributed by atoms with van der Waals surface area (Å²) in [6.07, 6.45) is 5.21. The van der Waals surface area contributed by atoms with Gasteiger partial charge in [0.25, 0.3) is 0 Å². The van der Waals surface area contributed by atoms with E-state index in [2.05, 4.69) is 17.3 Å². The number of carbonyl (C=O) groups is 1. The first-order valence-electron chi connectivity index (χ1n) is 9.19. The molecule has 5 nitrogen and oxygen atoms in total. The lowest BCUT2D eigenvalue weighted by Crippen LogP contribution is -2.29. The number of nitriles is 1. The molecule has 0 saturated carbocycles. The van der Waals surface area contributed by atoms with Gasteiger partial charge in [-0.15, -0.1) is 18.2 Å². The summed E-state index contributed by atoms with van der Waals surface area (Å²) in [5, 5.41) is 14.4. The van der Waals surface area contributed by atoms with Crippen LogP contribution in [0, 0.1) is 23.7 Å². The fourth-order valence-electron chi connectivity index (χ4n) is 2.91. The van der Waals surface area contributed by atoms with Crippen LogP contribution in [0.4, 0.5) is 0 Å². The van der Waals surface area contributed by atoms with E-state index in [4.69, 9.17) is 15.9 Å². The number of rotatable bonds is 8. The summed E-state index contributed by atoms with van der Waals surface area (Å²) in [5.74, 6) is 3.43. The van der Waals surface area contributed by atoms with Crippen LogP contribution >= 0.6 is 11.8 Å². The van der Waals surface area contributed by atoms with Crippen molar-refractivity contribution < 1.29 is 14.3 Å². The van der Waals surface area contributed by atoms with Gasteiger partial charge in [-0.1, -0.05) is 42.3 Å². The van der Waals surface area contributed by atoms with E-state index in [1.807, 2.05) is 48.5 Å². The molecule has 0 bridgehead atoms. The van der Waals surface area contributed by atoms with Crippen LogP contribution in [0.5, 0.6) is 11.5 Å². The maximum Gasteiger partial charge on any atom is 0.231 e. The lowest BCUT2D eigenvalue weighted by Gasteiger charge is -2.13. The fourth-order valence-corrected chi connectivity index (χ4v) is 3.64. The van der Waals surface area contributed by atoms with Gasteiger partial charge in [0.05, 0.1) is 18.9 Å². The molecule has 150 valence electrons. The quantitative estimate of drug-likeness (QED) is 0.437. The van der Waals surface area contributed by atoms with Crippen molar-refractivity contribution in [2.24, 2.45) is 0 Å². The van der Waals surface area contributed by atoms with E-state index in [0.717, 1.165) is 21.2 Å². The Morgan fingerprint density at radius 1 is 1.13 bits per heavy atom. The summed E-state index contributed by atoms with van der Waals surface area (Å²) in [4.78, 5) is 13.3. The molecule has 3 rings (SSSR count). The standard InChI is InChI=1S/C24H20N2O3S/c1-3-12-29-22-11-10-20(14-23(22)28-2)30-16-24(27)26-21(15-25)19-9-8-17-6-4-5-7-18(17)13-19/h1,4-11,13-14,21H,12,16H2,2H3,(H,26,27). The largest absolute Gasteiger partial charge is 0.493 e. The van der Waals surface area contributed by atoms with Crippen molar-refractivity contribution in [2.45, 2.75) is 10.9 Å². The first-order valence-corrected chi connectivity index (χ1v) is 10.2. The van der Waals surface area contributed by atoms with Crippen LogP contribution in [0.25, 0.3) is 10.8 Å². The Morgan fingerprint density at radius 2 is 1.93 bits per heavy atom. The van der Waals surface area contributed by atoms with Crippen molar-refractivity contribution in [2.75, 3.05) is 19.5 Å². The van der Waals surface area contributed by atoms with Crippen molar-refractivity contribution in [1.82, 2.24) is 5.32 Å². The SMILES string of the molecule is C#CCOc1ccc(SCC(=O)NC(C#N)c2ccc3ccccc3c2)cc1OC. The van der Waals surface area contributed by atoms with E-state index < -0.39 is 6.04 Å². The average molecular weight is 417 g/mol. The Morgan fingerprint density at radius 3 is 2.67 bits per heavy atom. The van der Waals surface area contributed by atoms with Crippen LogP contribution in [0.1, 0.15) is 11.6 Å². The molecular formula is C24H20N2O3S. The van der Waals surface area contributed by atoms with Crippen molar-refractivity contribution in [3.8, 4) is 29.9 Å². The number of thioether (sulfide) groups is 1. The molecule has 1 atom stereocenters. The van der Waals surface area contributed by atoms with Gasteiger partial charge in [-0.25, -0.2) is 0 Å². The highest BCUT2D eigenvalue weighted by atomic mass is 32.2. The van der Waals surface area contributed by atoms with Crippen molar-refractivity contribution in [3.63, 3.8) is 0 Å². The number of hydrogen-bond donors (Lipinski definition) is 1. The summed E-state index contributed by atoms with van der Waals surface area (Å²) in [7, 11) is 1.54. The molecule has 1 N–H and O–H groups in total. The Kier molecular flexibility index (Phi) is 7.21. The number of ether oxygens (including phenoxy) is 2. The van der Waals surface area contributed by atoms with Gasteiger partial charge in [0, 0.05) is 4.90 Å². The molecule has 0 aliphatic heterocycles. The second-order valence-electron chi connectivity index (χ2n) is 6.33. The van der Waals surface area contributed by atoms with Gasteiger partial charge in [-0.05, 0) is 40.6 Å². The molecule has 1 amide bonds. The average Bonchev–Trinajstić information content (AvgIpc) is 2.79. The summed E-state index contributed by atoms with van der Waals surface area (Å²) >= 11 is 1.34. The zero-order valence-electron chi connectivity index (χ0n) is 16.4. The normalized spacial score (nSPS) is 11.2. The number of fused-ring (bicyclic) bond motifs is 1. The summed E-state index contributed by atoms with van der Waals surface area (Å²) in [6.45, 7) is 0.148. The molecule has 6 heteroatoms. The van der Waals surface area contributed by atoms with E-state index in [-0.39, 0.29) is 18.3 Å². The first kappa shape index (κ1) is 21.1. The van der Waals surface area contributed by atoms with Gasteiger partial charge in [0.15, 0.2) is 11.5 Å². The van der Waals surface area contributed by atoms with Crippen molar-refractivity contribution in [1.29, 1.82) is 5.26 Å². The third-order valence-corrected chi connectivity index (χ3v) is 5.35. The van der Waals surface area contributed by atoms with Crippen LogP contribution in [-0.4, -0.2) is 25.4 Å². The van der Waals surface area contributed by atoms with E-state index in [1.54, 1.807) is 19.2 Å². The molecule has 3 aromatic carbocycles. The minimum absolute atomic E-state index is 0.148. The Bertz CT molecular complexity index is 1130. The molecular weight excluding hydrogens is 396 g/mol. The molecule has 0 spiro atoms. The smallest absolute Gasteiger partial charge is 0.231 e. The zero-order chi connectivity index (χ0) is 21.3. The summed E-state index contributed by atoms with van der Waals surface area (Å²) < 4.78 is 10.7. The molecule has 0 saturated heterocycles. The Hall–Kier alpha value is -3.61. The van der Waals surface area contributed by atoms with Gasteiger partial charge >= 0.3 is 0 Å². The van der Waals surface area contributed by atoms with E-state index in [9.17, 15) is 10.1 Å². The number of terminal acetylenes is 1. The fraction of sp³-hybridized carbons (Fsp3) is 0.167. The van der Waals surface area contributed by atoms with E-state index in [1.165, 1.54) is 11.8 Å². The van der Waals surface area contributed by atoms with Gasteiger partial charge < -0.3 is 14.8 Å². The molecule has 30 heavy (non-hydrogen) atoms. The second-order valence-corrected chi connectivity index (χ2v) is 7.38. The monoisotopic (exact) mass is 416 g/mol. The maximum atomic E-state index is 12.4. The highest BCUT2D eigenvalue weighted by Crippen LogP contribution is 2.32. The topological polar surface area (TPSA) is 71.3 Å². The number of nitrogens with zero attached hydrogens (tertiary/aromatic N) is 1. The number of amides is 1. The minimum Gasteiger partial charge on any atom is -0.493 e. The molecule has 0 fully saturated rings. The van der Waals surface area contributed by atoms with Crippen LogP contribution in [0.15, 0.2) is 65.6 Å². The highest BCUT2D eigenvalue weighted by molar-refractivity contribution is 8.00. The number of benzene rings is 3. The number of methoxy groups -OCH3 is 1. The Balaban J connectivity index is 1.62. The lowest BCUT2D eigenvalue weighted by atomic mass is 10.0. The zero-order valence-corrected chi connectivity index (χ0v) is 17.2. The van der Waals surface area contributed by atoms with E-state index >= 15 is 0 Å². The summed E-state index contributed by atoms with van der Waals surface area (Å²) in [5.41, 5.74) is 0.756. The van der Waals surface area contributed by atoms with Crippen LogP contribution in [0.3, 0.4) is 0 Å². The third kappa shape index (κ3) is 5.26. The first-order chi connectivity index (χ1) is 14.6. The highest BCUT2D eigenvalue weighted by Gasteiger charge is 2.15. The number of hydrogen-bond acceptors (Lipinski definition) is 5. The summed E-state index contributed by atoms with van der Waals surface area (Å²) in [6, 6.07) is 20.5. The molecule has 0 aliphatic rings. The molecule has 0 radical (unpaired) electrons. The molecule has 1 unspecified atom stereocenters. The van der Waals surface area contributed by atoms with Gasteiger partial charge in [-0.2, -0.15) is 5.26 Å². The van der Waals surface area contributed by atoms with Crippen LogP contribution in [0.2, 0.25) is 0 Å². The molecule has 0 heterocycles. The van der Waals surface area contributed by atoms with Crippen molar-refractivity contribution >= 4 is 28.4 Å². The van der Waals surface area contributed by atoms with Crippen LogP contribution in [-0.2, 0) is 4.79 Å². The lowest BCUT2D eigenvalue weighted by molar-refractivity contribution is -0.118. The molecule has 3 aromatic rings. The van der Waals surface area contributed by atoms with Gasteiger partial charge in [0.1, 0.15) is 12.6 Å².